The van der Waals surface area contributed by atoms with Crippen LogP contribution in [-0.4, -0.2) is 36.7 Å². The molecule has 0 aromatic heterocycles. The standard InChI is InChI=1S/Al.BH3.La.H4Si.3H/h;1H3;;1H4;;;. The molecule has 0 amide bonds. The van der Waals surface area contributed by atoms with E-state index in [9.17, 15) is 0 Å². The first-order valence-electron chi connectivity index (χ1n) is 0. The molecule has 0 heterocycles. The first kappa shape index (κ1) is 37.4. The van der Waals surface area contributed by atoms with Crippen LogP contribution in [0.15, 0.2) is 0 Å². The first-order valence-corrected chi connectivity index (χ1v) is 0. The van der Waals surface area contributed by atoms with Gasteiger partial charge in [-0.3, -0.25) is 0 Å². The smallest absolute Gasteiger partial charge is 0.0149 e. The average Bonchev–Trinajstić information content (AvgIpc) is 0. The van der Waals surface area contributed by atoms with E-state index in [1.807, 2.05) is 0 Å². The van der Waals surface area contributed by atoms with Crippen LogP contribution in [0.5, 0.6) is 0 Å². The Morgan fingerprint density at radius 3 is 1.00 bits per heavy atom. The molecule has 0 nitrogen and oxygen atoms in total. The fourth-order valence-corrected chi connectivity index (χ4v) is 0. The van der Waals surface area contributed by atoms with Crippen molar-refractivity contribution in [3.05, 3.63) is 0 Å². The molecule has 4 heteroatoms. The second-order valence-corrected chi connectivity index (χ2v) is 0. The van der Waals surface area contributed by atoms with Gasteiger partial charge in [0.05, 0.1) is 8.41 Å². The van der Waals surface area contributed by atoms with Gasteiger partial charge in [-0.2, -0.15) is 0 Å². The minimum Gasteiger partial charge on any atom is -0.0149 e. The van der Waals surface area contributed by atoms with Gasteiger partial charge in [-0.15, -0.1) is 0 Å². The summed E-state index contributed by atoms with van der Waals surface area (Å²) in [6.07, 6.45) is 0. The normalized spacial score (nSPS) is 0. The molecule has 1 radical (unpaired) electrons. The van der Waals surface area contributed by atoms with E-state index in [0.717, 1.165) is 0 Å². The predicted octanol–water partition coefficient (Wildman–Crippen LogP) is -3.82. The van der Waals surface area contributed by atoms with Crippen molar-refractivity contribution in [3.63, 3.8) is 0 Å². The molecule has 0 aliphatic heterocycles. The summed E-state index contributed by atoms with van der Waals surface area (Å²) in [7, 11) is 0. The molecular weight excluding hydrogens is 205 g/mol. The van der Waals surface area contributed by atoms with Gasteiger partial charge in [0.25, 0.3) is 0 Å². The van der Waals surface area contributed by atoms with Gasteiger partial charge >= 0.3 is 0 Å². The molecule has 0 aliphatic rings. The third-order valence-corrected chi connectivity index (χ3v) is 0. The topological polar surface area (TPSA) is 0 Å². The summed E-state index contributed by atoms with van der Waals surface area (Å²) in [5, 5.41) is 0. The molecule has 0 unspecified atom stereocenters. The maximum absolute atomic E-state index is 0. The molecule has 0 N–H and O–H groups in total. The van der Waals surface area contributed by atoms with Crippen LogP contribution in [0.2, 0.25) is 0 Å². The molecule has 0 saturated carbocycles. The third-order valence-electron chi connectivity index (χ3n) is 0. The van der Waals surface area contributed by atoms with Gasteiger partial charge in [0.15, 0.2) is 17.4 Å². The molecule has 0 saturated heterocycles. The minimum absolute atomic E-state index is 0. The van der Waals surface area contributed by atoms with Crippen molar-refractivity contribution in [2.75, 3.05) is 0 Å². The van der Waals surface area contributed by atoms with E-state index >= 15 is 0 Å². The summed E-state index contributed by atoms with van der Waals surface area (Å²) in [4.78, 5) is 0. The van der Waals surface area contributed by atoms with Crippen LogP contribution in [0.3, 0.4) is 0 Å². The van der Waals surface area contributed by atoms with Crippen molar-refractivity contribution in [2.45, 2.75) is 0 Å². The molecule has 0 rings (SSSR count). The Kier molecular flexibility index (Phi) is 186. The molecule has 0 bridgehead atoms. The van der Waals surface area contributed by atoms with Gasteiger partial charge in [0.1, 0.15) is 0 Å². The van der Waals surface area contributed by atoms with Crippen molar-refractivity contribution in [1.29, 1.82) is 0 Å². The molecule has 4 heavy (non-hydrogen) atoms. The van der Waals surface area contributed by atoms with Gasteiger partial charge in [-0.25, -0.2) is 0 Å². The molecule has 0 aromatic carbocycles. The Labute approximate surface area is 71.4 Å². The molecule has 0 aromatic rings. The summed E-state index contributed by atoms with van der Waals surface area (Å²) in [5.74, 6) is 0. The van der Waals surface area contributed by atoms with Gasteiger partial charge in [0.2, 0.25) is 0 Å². The van der Waals surface area contributed by atoms with Crippen LogP contribution in [-0.2, 0) is 0 Å². The Morgan fingerprint density at radius 2 is 1.00 bits per heavy atom. The maximum Gasteiger partial charge on any atom is 0.187 e. The zero-order valence-electron chi connectivity index (χ0n) is 0.577. The zero-order chi connectivity index (χ0) is 0. The Bertz CT molecular complexity index is 8.00. The van der Waals surface area contributed by atoms with Gasteiger partial charge in [-0.05, 0) is 11.0 Å². The Balaban J connectivity index is 0. The van der Waals surface area contributed by atoms with Crippen LogP contribution < -0.4 is 0 Å². The summed E-state index contributed by atoms with van der Waals surface area (Å²) in [5.41, 5.74) is 0. The van der Waals surface area contributed by atoms with Crippen molar-refractivity contribution in [2.24, 2.45) is 0 Å². The van der Waals surface area contributed by atoms with Crippen molar-refractivity contribution < 1.29 is 35.6 Å². The quantitative estimate of drug-likeness (QED) is 0.363. The fraction of sp³-hybridized carbons (Fsp3) is 0. The number of hydrogen-bond acceptors (Lipinski definition) is 0. The van der Waals surface area contributed by atoms with E-state index < -0.39 is 0 Å². The number of rotatable bonds is 0. The van der Waals surface area contributed by atoms with Crippen molar-refractivity contribution in [1.82, 2.24) is 0 Å². The predicted molar refractivity (Wildman–Crippen MR) is 31.2 cm³/mol. The van der Waals surface area contributed by atoms with Crippen LogP contribution in [0, 0.1) is 35.6 Å². The Morgan fingerprint density at radius 1 is 1.00 bits per heavy atom. The molecule has 0 fully saturated rings. The summed E-state index contributed by atoms with van der Waals surface area (Å²) in [6.45, 7) is 0. The van der Waals surface area contributed by atoms with E-state index in [4.69, 9.17) is 0 Å². The molecule has 23 valence electrons. The van der Waals surface area contributed by atoms with Crippen LogP contribution in [0.25, 0.3) is 0 Å². The largest absolute Gasteiger partial charge is 0.187 e. The van der Waals surface area contributed by atoms with Gasteiger partial charge in [0, 0.05) is 35.6 Å². The molecule has 0 spiro atoms. The van der Waals surface area contributed by atoms with Crippen LogP contribution in [0.1, 0.15) is 0 Å². The van der Waals surface area contributed by atoms with E-state index in [1.54, 1.807) is 0 Å². The summed E-state index contributed by atoms with van der Waals surface area (Å²) >= 11 is 0. The summed E-state index contributed by atoms with van der Waals surface area (Å²) in [6, 6.07) is 0. The van der Waals surface area contributed by atoms with E-state index in [1.165, 1.54) is 0 Å². The zero-order valence-corrected chi connectivity index (χ0v) is 4.20. The second-order valence-electron chi connectivity index (χ2n) is 0. The fourth-order valence-electron chi connectivity index (χ4n) is 0. The van der Waals surface area contributed by atoms with Crippen LogP contribution in [0.4, 0.5) is 0 Å². The average molecular weight is 215 g/mol. The van der Waals surface area contributed by atoms with Crippen molar-refractivity contribution in [3.8, 4) is 0 Å². The third kappa shape index (κ3) is 8.99. The van der Waals surface area contributed by atoms with E-state index in [-0.39, 0.29) is 72.3 Å². The SMILES string of the molecule is B.[AlH3].[La].[SiH4]. The van der Waals surface area contributed by atoms with Gasteiger partial charge < -0.3 is 0 Å². The monoisotopic (exact) mass is 215 g/mol. The summed E-state index contributed by atoms with van der Waals surface area (Å²) < 4.78 is 0. The number of hydrogen-bond donors (Lipinski definition) is 0. The maximum atomic E-state index is 0. The van der Waals surface area contributed by atoms with Crippen LogP contribution >= 0.6 is 0 Å². The first-order chi connectivity index (χ1) is 0. The second kappa shape index (κ2) is 19.9. The minimum atomic E-state index is 0. The molecule has 0 aliphatic carbocycles. The molecule has 0 atom stereocenters. The molecular formula is H10AlBLaSi. The van der Waals surface area contributed by atoms with E-state index in [0.29, 0.717) is 0 Å². The van der Waals surface area contributed by atoms with Gasteiger partial charge in [-0.1, -0.05) is 0 Å². The van der Waals surface area contributed by atoms with E-state index in [2.05, 4.69) is 0 Å². The Hall–Kier alpha value is 2.01. The van der Waals surface area contributed by atoms with Crippen molar-refractivity contribution >= 4 is 36.7 Å².